The lowest BCUT2D eigenvalue weighted by molar-refractivity contribution is 0.0757. The molecular formula is C80H71ClF6N10O13. The Bertz CT molecular complexity index is 5260. The summed E-state index contributed by atoms with van der Waals surface area (Å²) in [6.07, 6.45) is 0.446. The molecule has 3 amide bonds. The number of nitrogen functional groups attached to an aromatic ring is 1. The van der Waals surface area contributed by atoms with Crippen molar-refractivity contribution in [2.45, 2.75) is 45.6 Å². The quantitative estimate of drug-likeness (QED) is 0.0633. The minimum absolute atomic E-state index is 0.0472. The fourth-order valence-corrected chi connectivity index (χ4v) is 12.8. The van der Waals surface area contributed by atoms with Crippen LogP contribution in [-0.4, -0.2) is 129 Å². The molecule has 11 aromatic rings. The number of halogens is 7. The van der Waals surface area contributed by atoms with E-state index in [1.807, 2.05) is 12.1 Å². The van der Waals surface area contributed by atoms with Crippen LogP contribution in [0.2, 0.25) is 5.02 Å². The minimum atomic E-state index is -0.748. The van der Waals surface area contributed by atoms with Gasteiger partial charge in [-0.1, -0.05) is 29.8 Å². The van der Waals surface area contributed by atoms with Gasteiger partial charge in [0.1, 0.15) is 63.7 Å². The van der Waals surface area contributed by atoms with Gasteiger partial charge in [-0.2, -0.15) is 4.98 Å². The number of nitrogens with two attached hydrogens (primary N) is 1. The highest BCUT2D eigenvalue weighted by atomic mass is 35.5. The number of fused-ring (bicyclic) bond motifs is 3. The van der Waals surface area contributed by atoms with Crippen LogP contribution in [0.4, 0.5) is 32.2 Å². The van der Waals surface area contributed by atoms with Gasteiger partial charge in [0.15, 0.2) is 17.2 Å². The molecule has 0 bridgehead atoms. The number of anilines is 1. The molecule has 3 aliphatic heterocycles. The first-order chi connectivity index (χ1) is 53.1. The summed E-state index contributed by atoms with van der Waals surface area (Å²) in [6.45, 7) is 0.999. The van der Waals surface area contributed by atoms with Gasteiger partial charge < -0.3 is 68.2 Å². The van der Waals surface area contributed by atoms with E-state index in [9.17, 15) is 40.7 Å². The van der Waals surface area contributed by atoms with Crippen LogP contribution in [0.5, 0.6) is 57.9 Å². The number of nitrogens with one attached hydrogen (secondary N) is 1. The van der Waals surface area contributed by atoms with Crippen molar-refractivity contribution in [3.8, 4) is 91.7 Å². The number of methoxy groups -OCH3 is 10. The molecule has 3 N–H and O–H groups in total. The van der Waals surface area contributed by atoms with E-state index in [2.05, 4.69) is 35.2 Å². The zero-order chi connectivity index (χ0) is 78.6. The molecule has 0 saturated heterocycles. The van der Waals surface area contributed by atoms with Crippen LogP contribution >= 0.6 is 11.6 Å². The molecule has 568 valence electrons. The number of amides is 3. The van der Waals surface area contributed by atoms with Crippen LogP contribution in [-0.2, 0) is 45.6 Å². The van der Waals surface area contributed by atoms with E-state index in [-0.39, 0.29) is 114 Å². The molecule has 0 fully saturated rings. The van der Waals surface area contributed by atoms with Crippen LogP contribution < -0.4 is 58.4 Å². The fraction of sp³-hybridized carbons (Fsp3) is 0.212. The van der Waals surface area contributed by atoms with E-state index in [0.717, 1.165) is 23.3 Å². The van der Waals surface area contributed by atoms with Gasteiger partial charge in [-0.15, -0.1) is 0 Å². The summed E-state index contributed by atoms with van der Waals surface area (Å²) >= 11 is 6.32. The zero-order valence-corrected chi connectivity index (χ0v) is 61.7. The van der Waals surface area contributed by atoms with Gasteiger partial charge in [-0.3, -0.25) is 14.4 Å². The van der Waals surface area contributed by atoms with E-state index in [1.54, 1.807) is 105 Å². The standard InChI is InChI=1S/C30H27F2N3O5.C22H17ClF2N2O3.C21H17F2N3O3.C7H10N2O2/c1-37-20-10-8-17(26(14-20)39-3)15-35-16-24-27(30(35)36)18(12-19-9-11-25(38-2)29(33-19)40-4)13-23(34-24)28-21(31)6-5-7-22(28)32;1-29-13-7-6-12(19(8-13)30-2)10-27-11-18-20(22(27)28)14(23)9-17(26-18)21-15(24)4-3-5-16(21)25;1-28-17-7-6-12(25-21(17)29-2)8-11-9-15(19-13(22)4-3-5-14(19)23)26-16-10-24-20(27)18(11)16;1-10-5-3-4-6(8)9-7(5)11-2/h5-11,13-14H,12,15-16H2,1-4H3;3-9H,10-11H2,1-2H3;3-7,9H,8,10H2,1-2H3,(H,24,27);3-4H,1-2H3,(H2,8,9). The van der Waals surface area contributed by atoms with Crippen molar-refractivity contribution in [2.75, 3.05) is 76.8 Å². The summed E-state index contributed by atoms with van der Waals surface area (Å²) in [6, 6.07) is 36.2. The van der Waals surface area contributed by atoms with Gasteiger partial charge in [0.25, 0.3) is 35.4 Å². The second kappa shape index (κ2) is 34.8. The van der Waals surface area contributed by atoms with Crippen molar-refractivity contribution in [3.05, 3.63) is 253 Å². The molecule has 0 aliphatic carbocycles. The van der Waals surface area contributed by atoms with Crippen LogP contribution in [0.3, 0.4) is 0 Å². The highest BCUT2D eigenvalue weighted by molar-refractivity contribution is 6.34. The zero-order valence-electron chi connectivity index (χ0n) is 60.9. The van der Waals surface area contributed by atoms with E-state index in [1.165, 1.54) is 97.3 Å². The van der Waals surface area contributed by atoms with Crippen LogP contribution in [0, 0.1) is 34.9 Å². The molecule has 0 atom stereocenters. The molecule has 23 nitrogen and oxygen atoms in total. The number of benzene rings is 5. The molecule has 6 aromatic heterocycles. The summed E-state index contributed by atoms with van der Waals surface area (Å²) in [7, 11) is 15.2. The first-order valence-electron chi connectivity index (χ1n) is 33.5. The maximum absolute atomic E-state index is 14.8. The number of aromatic nitrogens is 6. The Kier molecular flexibility index (Phi) is 24.7. The van der Waals surface area contributed by atoms with Crippen molar-refractivity contribution < 1.29 is 88.1 Å². The molecule has 0 saturated carbocycles. The third-order valence-corrected chi connectivity index (χ3v) is 18.0. The van der Waals surface area contributed by atoms with Gasteiger partial charge in [0, 0.05) is 47.5 Å². The van der Waals surface area contributed by atoms with Gasteiger partial charge >= 0.3 is 0 Å². The fourth-order valence-electron chi connectivity index (χ4n) is 12.5. The predicted octanol–water partition coefficient (Wildman–Crippen LogP) is 14.0. The molecule has 9 heterocycles. The molecule has 30 heteroatoms. The summed E-state index contributed by atoms with van der Waals surface area (Å²) in [4.78, 5) is 68.2. The summed E-state index contributed by atoms with van der Waals surface area (Å²) < 4.78 is 139. The number of rotatable bonds is 21. The van der Waals surface area contributed by atoms with Crippen LogP contribution in [0.25, 0.3) is 33.8 Å². The van der Waals surface area contributed by atoms with E-state index < -0.39 is 34.9 Å². The Morgan fingerprint density at radius 3 is 1.16 bits per heavy atom. The molecule has 14 rings (SSSR count). The molecule has 0 spiro atoms. The lowest BCUT2D eigenvalue weighted by Gasteiger charge is -2.18. The second-order valence-electron chi connectivity index (χ2n) is 24.3. The third-order valence-electron chi connectivity index (χ3n) is 17.7. The largest absolute Gasteiger partial charge is 0.497 e. The predicted molar refractivity (Wildman–Crippen MR) is 393 cm³/mol. The first kappa shape index (κ1) is 78.2. The Morgan fingerprint density at radius 1 is 0.382 bits per heavy atom. The van der Waals surface area contributed by atoms with Crippen molar-refractivity contribution in [2.24, 2.45) is 0 Å². The number of ether oxygens (including phenoxy) is 10. The lowest BCUT2D eigenvalue weighted by Crippen LogP contribution is -2.24. The average Bonchev–Trinajstić information content (AvgIpc) is 1.59. The summed E-state index contributed by atoms with van der Waals surface area (Å²) in [5, 5.41) is 2.81. The highest BCUT2D eigenvalue weighted by Gasteiger charge is 2.36. The Labute approximate surface area is 632 Å². The van der Waals surface area contributed by atoms with E-state index >= 15 is 0 Å². The van der Waals surface area contributed by atoms with Crippen molar-refractivity contribution in [1.82, 2.24) is 45.0 Å². The number of hydrogen-bond acceptors (Lipinski definition) is 20. The van der Waals surface area contributed by atoms with E-state index in [0.29, 0.717) is 109 Å². The maximum atomic E-state index is 14.8. The monoisotopic (exact) mass is 1530 g/mol. The molecule has 5 aromatic carbocycles. The van der Waals surface area contributed by atoms with Crippen molar-refractivity contribution in [1.29, 1.82) is 0 Å². The summed E-state index contributed by atoms with van der Waals surface area (Å²) in [5.41, 5.74) is 11.0. The van der Waals surface area contributed by atoms with E-state index in [4.69, 9.17) is 64.7 Å². The number of carbonyl (C=O) groups is 3. The Balaban J connectivity index is 0.000000155. The van der Waals surface area contributed by atoms with Crippen molar-refractivity contribution in [3.63, 3.8) is 0 Å². The molecule has 110 heavy (non-hydrogen) atoms. The van der Waals surface area contributed by atoms with Crippen molar-refractivity contribution >= 4 is 35.1 Å². The lowest BCUT2D eigenvalue weighted by atomic mass is 9.98. The number of nitrogens with zero attached hydrogens (tertiary/aromatic N) is 8. The first-order valence-corrected chi connectivity index (χ1v) is 33.8. The molecular weight excluding hydrogens is 1460 g/mol. The topological polar surface area (TPSA) is 265 Å². The second-order valence-corrected chi connectivity index (χ2v) is 24.7. The third kappa shape index (κ3) is 16.9. The molecule has 3 aliphatic rings. The highest BCUT2D eigenvalue weighted by Crippen LogP contribution is 2.40. The Morgan fingerprint density at radius 2 is 0.755 bits per heavy atom. The maximum Gasteiger partial charge on any atom is 0.258 e. The van der Waals surface area contributed by atoms with Gasteiger partial charge in [-0.05, 0) is 126 Å². The average molecular weight is 1530 g/mol. The minimum Gasteiger partial charge on any atom is -0.497 e. The molecule has 0 radical (unpaired) electrons. The van der Waals surface area contributed by atoms with Crippen LogP contribution in [0.15, 0.2) is 146 Å². The Hall–Kier alpha value is -12.9. The van der Waals surface area contributed by atoms with Gasteiger partial charge in [0.2, 0.25) is 0 Å². The normalized spacial score (nSPS) is 12.2. The van der Waals surface area contributed by atoms with Gasteiger partial charge in [-0.25, -0.2) is 51.3 Å². The van der Waals surface area contributed by atoms with Crippen LogP contribution in [0.1, 0.15) is 81.8 Å². The number of pyridine rings is 6. The number of carbonyl (C=O) groups excluding carboxylic acids is 3. The van der Waals surface area contributed by atoms with Gasteiger partial charge in [0.05, 0.1) is 176 Å². The smallest absolute Gasteiger partial charge is 0.258 e. The molecule has 0 unspecified atom stereocenters. The number of hydrogen-bond donors (Lipinski definition) is 2. The summed E-state index contributed by atoms with van der Waals surface area (Å²) in [5.74, 6) is 0.0837. The SMILES string of the molecule is COc1ccc(CN2Cc3nc(-c4c(F)cccc4F)cc(Cc4ccc(OC)c(OC)n4)c3C2=O)c(OC)c1.COc1ccc(CN2Cc3nc(-c4c(F)cccc4F)cc(Cl)c3C2=O)c(OC)c1.COc1ccc(Cc2cc(-c3c(F)cccc3F)nc3c2C(=O)NC3)nc1OC.COc1ccc(N)nc1OC.